The van der Waals surface area contributed by atoms with Gasteiger partial charge in [-0.2, -0.15) is 0 Å². The fraction of sp³-hybridized carbons (Fsp3) is 0.615. The predicted molar refractivity (Wildman–Crippen MR) is 66.0 cm³/mol. The molecule has 18 heavy (non-hydrogen) atoms. The summed E-state index contributed by atoms with van der Waals surface area (Å²) in [4.78, 5) is 12.0. The summed E-state index contributed by atoms with van der Waals surface area (Å²) >= 11 is 0. The molecule has 1 aliphatic rings. The predicted octanol–water partition coefficient (Wildman–Crippen LogP) is 1.44. The number of hydrogen-bond acceptors (Lipinski definition) is 5. The standard InChI is InChI=1S/C13H20O5/c1-9-7-12(15-3,16-4)13(17-5,18-6)8-10(2)11(9)14/h7-8H,1-6H3. The molecule has 0 unspecified atom stereocenters. The minimum absolute atomic E-state index is 0.0931. The Morgan fingerprint density at radius 1 is 0.778 bits per heavy atom. The van der Waals surface area contributed by atoms with Crippen LogP contribution in [0.4, 0.5) is 0 Å². The molecule has 0 saturated heterocycles. The maximum atomic E-state index is 12.0. The minimum Gasteiger partial charge on any atom is -0.345 e. The number of Topliss-reactive ketones (excluding diaryl/α,β-unsaturated/α-hetero) is 1. The van der Waals surface area contributed by atoms with Gasteiger partial charge in [0.05, 0.1) is 0 Å². The second-order valence-electron chi connectivity index (χ2n) is 4.14. The van der Waals surface area contributed by atoms with E-state index in [1.54, 1.807) is 26.0 Å². The third kappa shape index (κ3) is 2.03. The van der Waals surface area contributed by atoms with Crippen molar-refractivity contribution in [2.24, 2.45) is 0 Å². The maximum absolute atomic E-state index is 12.0. The SMILES string of the molecule is COC1(OC)C=C(C)C(=O)C(C)=CC1(OC)OC. The zero-order chi connectivity index (χ0) is 14.0. The number of rotatable bonds is 4. The first-order valence-corrected chi connectivity index (χ1v) is 5.56. The van der Waals surface area contributed by atoms with Crippen LogP contribution in [0.15, 0.2) is 23.3 Å². The Kier molecular flexibility index (Phi) is 4.45. The van der Waals surface area contributed by atoms with Crippen molar-refractivity contribution in [1.29, 1.82) is 0 Å². The molecule has 0 N–H and O–H groups in total. The van der Waals surface area contributed by atoms with Crippen molar-refractivity contribution in [3.05, 3.63) is 23.3 Å². The number of hydrogen-bond donors (Lipinski definition) is 0. The molecule has 5 heteroatoms. The van der Waals surface area contributed by atoms with E-state index in [-0.39, 0.29) is 5.78 Å². The first kappa shape index (κ1) is 15.0. The average molecular weight is 256 g/mol. The zero-order valence-electron chi connectivity index (χ0n) is 11.7. The van der Waals surface area contributed by atoms with Gasteiger partial charge in [0, 0.05) is 28.4 Å². The molecule has 0 spiro atoms. The van der Waals surface area contributed by atoms with Crippen LogP contribution in [-0.2, 0) is 23.7 Å². The molecule has 0 radical (unpaired) electrons. The monoisotopic (exact) mass is 256 g/mol. The lowest BCUT2D eigenvalue weighted by molar-refractivity contribution is -0.344. The van der Waals surface area contributed by atoms with Gasteiger partial charge in [0.2, 0.25) is 11.6 Å². The van der Waals surface area contributed by atoms with Crippen molar-refractivity contribution in [1.82, 2.24) is 0 Å². The Hall–Kier alpha value is -1.01. The normalized spacial score (nSPS) is 22.2. The number of allylic oxidation sites excluding steroid dienone is 2. The lowest BCUT2D eigenvalue weighted by atomic mass is 10.0. The van der Waals surface area contributed by atoms with Crippen LogP contribution in [-0.4, -0.2) is 45.8 Å². The number of ether oxygens (including phenoxy) is 4. The molecule has 0 fully saturated rings. The molecule has 0 amide bonds. The summed E-state index contributed by atoms with van der Waals surface area (Å²) < 4.78 is 21.7. The van der Waals surface area contributed by atoms with Crippen molar-refractivity contribution in [3.63, 3.8) is 0 Å². The molecule has 0 aromatic heterocycles. The van der Waals surface area contributed by atoms with Crippen molar-refractivity contribution in [2.45, 2.75) is 25.4 Å². The lowest BCUT2D eigenvalue weighted by Gasteiger charge is -2.42. The van der Waals surface area contributed by atoms with E-state index in [2.05, 4.69) is 0 Å². The van der Waals surface area contributed by atoms with Gasteiger partial charge in [-0.1, -0.05) is 0 Å². The van der Waals surface area contributed by atoms with Gasteiger partial charge < -0.3 is 18.9 Å². The number of methoxy groups -OCH3 is 4. The molecule has 0 heterocycles. The Labute approximate surface area is 107 Å². The molecule has 0 saturated carbocycles. The molecule has 0 aromatic rings. The Morgan fingerprint density at radius 2 is 1.06 bits per heavy atom. The van der Waals surface area contributed by atoms with Gasteiger partial charge in [-0.05, 0) is 37.1 Å². The summed E-state index contributed by atoms with van der Waals surface area (Å²) in [6.45, 7) is 3.40. The van der Waals surface area contributed by atoms with Crippen LogP contribution in [0.2, 0.25) is 0 Å². The van der Waals surface area contributed by atoms with Crippen LogP contribution < -0.4 is 0 Å². The largest absolute Gasteiger partial charge is 0.345 e. The second-order valence-corrected chi connectivity index (χ2v) is 4.14. The van der Waals surface area contributed by atoms with E-state index in [9.17, 15) is 4.79 Å². The van der Waals surface area contributed by atoms with Crippen molar-refractivity contribution in [2.75, 3.05) is 28.4 Å². The number of ketones is 1. The molecule has 0 aromatic carbocycles. The minimum atomic E-state index is -1.31. The molecular formula is C13H20O5. The Morgan fingerprint density at radius 3 is 1.28 bits per heavy atom. The second kappa shape index (κ2) is 5.32. The summed E-state index contributed by atoms with van der Waals surface area (Å²) in [6.07, 6.45) is 3.16. The van der Waals surface area contributed by atoms with Crippen LogP contribution in [0.1, 0.15) is 13.8 Å². The van der Waals surface area contributed by atoms with Crippen LogP contribution in [0, 0.1) is 0 Å². The van der Waals surface area contributed by atoms with Gasteiger partial charge in [0.25, 0.3) is 0 Å². The highest BCUT2D eigenvalue weighted by Gasteiger charge is 2.54. The van der Waals surface area contributed by atoms with Crippen molar-refractivity contribution in [3.8, 4) is 0 Å². The summed E-state index contributed by atoms with van der Waals surface area (Å²) in [5.41, 5.74) is 1.03. The molecule has 5 nitrogen and oxygen atoms in total. The van der Waals surface area contributed by atoms with Gasteiger partial charge in [0.15, 0.2) is 5.78 Å². The van der Waals surface area contributed by atoms with Crippen LogP contribution in [0.5, 0.6) is 0 Å². The average Bonchev–Trinajstić information content (AvgIpc) is 2.47. The molecule has 0 aliphatic heterocycles. The molecule has 1 aliphatic carbocycles. The summed E-state index contributed by atoms with van der Waals surface area (Å²) in [6, 6.07) is 0. The highest BCUT2D eigenvalue weighted by Crippen LogP contribution is 2.38. The van der Waals surface area contributed by atoms with Gasteiger partial charge in [0.1, 0.15) is 0 Å². The van der Waals surface area contributed by atoms with E-state index in [1.807, 2.05) is 0 Å². The maximum Gasteiger partial charge on any atom is 0.248 e. The van der Waals surface area contributed by atoms with Crippen molar-refractivity contribution < 1.29 is 23.7 Å². The number of carbonyl (C=O) groups excluding carboxylic acids is 1. The van der Waals surface area contributed by atoms with E-state index in [0.29, 0.717) is 11.1 Å². The van der Waals surface area contributed by atoms with E-state index in [0.717, 1.165) is 0 Å². The van der Waals surface area contributed by atoms with Crippen molar-refractivity contribution >= 4 is 5.78 Å². The topological polar surface area (TPSA) is 54.0 Å². The smallest absolute Gasteiger partial charge is 0.248 e. The van der Waals surface area contributed by atoms with E-state index in [1.165, 1.54) is 28.4 Å². The first-order chi connectivity index (χ1) is 8.41. The number of carbonyl (C=O) groups is 1. The molecule has 102 valence electrons. The van der Waals surface area contributed by atoms with Gasteiger partial charge in [-0.25, -0.2) is 0 Å². The Bertz CT molecular complexity index is 350. The van der Waals surface area contributed by atoms with Crippen LogP contribution >= 0.6 is 0 Å². The molecule has 1 rings (SSSR count). The third-order valence-corrected chi connectivity index (χ3v) is 3.23. The van der Waals surface area contributed by atoms with E-state index >= 15 is 0 Å². The summed E-state index contributed by atoms with van der Waals surface area (Å²) in [5, 5.41) is 0. The zero-order valence-corrected chi connectivity index (χ0v) is 11.7. The summed E-state index contributed by atoms with van der Waals surface area (Å²) in [5.74, 6) is -2.72. The molecule has 0 bridgehead atoms. The third-order valence-electron chi connectivity index (χ3n) is 3.23. The van der Waals surface area contributed by atoms with Crippen LogP contribution in [0.25, 0.3) is 0 Å². The van der Waals surface area contributed by atoms with Gasteiger partial charge in [-0.15, -0.1) is 0 Å². The molecule has 0 atom stereocenters. The summed E-state index contributed by atoms with van der Waals surface area (Å²) in [7, 11) is 5.89. The van der Waals surface area contributed by atoms with E-state index < -0.39 is 11.6 Å². The highest BCUT2D eigenvalue weighted by atomic mass is 16.8. The highest BCUT2D eigenvalue weighted by molar-refractivity contribution is 6.08. The van der Waals surface area contributed by atoms with Gasteiger partial charge in [-0.3, -0.25) is 4.79 Å². The molecular weight excluding hydrogens is 236 g/mol. The lowest BCUT2D eigenvalue weighted by Crippen LogP contribution is -2.57. The van der Waals surface area contributed by atoms with E-state index in [4.69, 9.17) is 18.9 Å². The first-order valence-electron chi connectivity index (χ1n) is 5.56. The fourth-order valence-corrected chi connectivity index (χ4v) is 2.18. The van der Waals surface area contributed by atoms with Gasteiger partial charge >= 0.3 is 0 Å². The fourth-order valence-electron chi connectivity index (χ4n) is 2.18. The Balaban J connectivity index is 3.57. The van der Waals surface area contributed by atoms with Crippen LogP contribution in [0.3, 0.4) is 0 Å². The quantitative estimate of drug-likeness (QED) is 0.712.